The molecule has 0 fully saturated rings. The molecule has 0 aromatic heterocycles. The Balaban J connectivity index is 1.61. The van der Waals surface area contributed by atoms with Crippen LogP contribution in [0.25, 0.3) is 0 Å². The van der Waals surface area contributed by atoms with Crippen LogP contribution < -0.4 is 0 Å². The van der Waals surface area contributed by atoms with E-state index in [0.717, 1.165) is 83.1 Å². The number of hydrogen-bond acceptors (Lipinski definition) is 4. The van der Waals surface area contributed by atoms with Crippen LogP contribution in [0.4, 0.5) is 0 Å². The molecule has 0 saturated carbocycles. The first-order valence-electron chi connectivity index (χ1n) is 16.1. The second-order valence-corrected chi connectivity index (χ2v) is 17.4. The van der Waals surface area contributed by atoms with Crippen molar-refractivity contribution in [1.29, 1.82) is 0 Å². The molecule has 0 radical (unpaired) electrons. The minimum atomic E-state index is -1.50. The van der Waals surface area contributed by atoms with Gasteiger partial charge >= 0.3 is 0 Å². The maximum absolute atomic E-state index is 5.83. The van der Waals surface area contributed by atoms with E-state index in [-0.39, 0.29) is 0 Å². The maximum atomic E-state index is 5.83. The van der Waals surface area contributed by atoms with Crippen LogP contribution in [0, 0.1) is 0 Å². The summed E-state index contributed by atoms with van der Waals surface area (Å²) in [6, 6.07) is 48.9. The van der Waals surface area contributed by atoms with E-state index in [4.69, 9.17) is 20.0 Å². The smallest absolute Gasteiger partial charge is 0.228 e. The second kappa shape index (κ2) is 14.6. The SMILES string of the molecule is Brc1cc(Br)c(C2(C3(c4c(Br)cc(Br)cc4Br)N=C(c4ccccc4)C(c4ccccc4)=N3)N=C(c3ccccc3)C(c3ccccc3)=N2)c(Br)c1. The zero-order chi connectivity index (χ0) is 36.0. The highest BCUT2D eigenvalue weighted by molar-refractivity contribution is 9.12. The molecule has 10 heteroatoms. The molecular weight excluding hydrogens is 1040 g/mol. The lowest BCUT2D eigenvalue weighted by molar-refractivity contribution is 0.253. The third-order valence-electron chi connectivity index (χ3n) is 8.93. The Morgan fingerprint density at radius 1 is 0.308 bits per heavy atom. The van der Waals surface area contributed by atoms with Crippen LogP contribution in [-0.4, -0.2) is 22.8 Å². The molecule has 2 aliphatic rings. The highest BCUT2D eigenvalue weighted by Gasteiger charge is 2.63. The van der Waals surface area contributed by atoms with E-state index in [9.17, 15) is 0 Å². The molecule has 6 aromatic rings. The van der Waals surface area contributed by atoms with Gasteiger partial charge in [0.05, 0.1) is 22.8 Å². The Morgan fingerprint density at radius 2 is 0.519 bits per heavy atom. The van der Waals surface area contributed by atoms with Crippen LogP contribution in [0.3, 0.4) is 0 Å². The summed E-state index contributed by atoms with van der Waals surface area (Å²) in [6.45, 7) is 0. The van der Waals surface area contributed by atoms with Crippen LogP contribution in [0.5, 0.6) is 0 Å². The van der Waals surface area contributed by atoms with E-state index in [0.29, 0.717) is 0 Å². The van der Waals surface area contributed by atoms with Crippen molar-refractivity contribution in [2.24, 2.45) is 20.0 Å². The molecule has 0 N–H and O–H groups in total. The quantitative estimate of drug-likeness (QED) is 0.153. The standard InChI is InChI=1S/C42H24Br6N4/c43-29-21-31(45)35(32(46)22-29)41(49-37(25-13-5-1-6-14-25)38(50-41)26-15-7-2-8-16-26)42(36-33(47)23-30(44)24-34(36)48)51-39(27-17-9-3-10-18-27)40(52-42)28-19-11-4-12-20-28/h1-24H. The zero-order valence-corrected chi connectivity index (χ0v) is 36.4. The monoisotopic (exact) mass is 1060 g/mol. The molecule has 8 rings (SSSR count). The predicted molar refractivity (Wildman–Crippen MR) is 234 cm³/mol. The Hall–Kier alpha value is -3.12. The molecule has 0 saturated heterocycles. The molecule has 4 nitrogen and oxygen atoms in total. The first-order valence-corrected chi connectivity index (χ1v) is 20.9. The summed E-state index contributed by atoms with van der Waals surface area (Å²) in [5.74, 6) is 0. The van der Waals surface area contributed by atoms with Crippen molar-refractivity contribution in [3.8, 4) is 0 Å². The Morgan fingerprint density at radius 3 is 0.731 bits per heavy atom. The number of rotatable bonds is 7. The Kier molecular flexibility index (Phi) is 10.1. The van der Waals surface area contributed by atoms with Gasteiger partial charge in [-0.1, -0.05) is 217 Å². The summed E-state index contributed by atoms with van der Waals surface area (Å²) in [7, 11) is 0. The lowest BCUT2D eigenvalue weighted by Gasteiger charge is -2.40. The number of aliphatic imine (C=N–C) groups is 4. The first-order chi connectivity index (χ1) is 25.2. The number of benzene rings is 6. The van der Waals surface area contributed by atoms with Gasteiger partial charge in [0.2, 0.25) is 11.3 Å². The van der Waals surface area contributed by atoms with Crippen molar-refractivity contribution in [3.05, 3.63) is 206 Å². The molecule has 0 aliphatic carbocycles. The van der Waals surface area contributed by atoms with E-state index >= 15 is 0 Å². The summed E-state index contributed by atoms with van der Waals surface area (Å²) >= 11 is 23.4. The van der Waals surface area contributed by atoms with E-state index in [2.05, 4.69) is 144 Å². The van der Waals surface area contributed by atoms with Crippen LogP contribution in [0.1, 0.15) is 33.4 Å². The van der Waals surface area contributed by atoms with Crippen molar-refractivity contribution >= 4 is 118 Å². The van der Waals surface area contributed by atoms with Gasteiger partial charge in [-0.3, -0.25) is 0 Å². The lowest BCUT2D eigenvalue weighted by Crippen LogP contribution is -2.44. The molecule has 0 atom stereocenters. The van der Waals surface area contributed by atoms with Gasteiger partial charge in [-0.05, 0) is 24.3 Å². The molecule has 2 heterocycles. The average molecular weight is 1060 g/mol. The largest absolute Gasteiger partial charge is 0.243 e. The molecule has 0 unspecified atom stereocenters. The molecule has 2 aliphatic heterocycles. The highest BCUT2D eigenvalue weighted by atomic mass is 79.9. The number of hydrogen-bond donors (Lipinski definition) is 0. The summed E-state index contributed by atoms with van der Waals surface area (Å²) in [4.78, 5) is 23.3. The number of halogens is 6. The van der Waals surface area contributed by atoms with Gasteiger partial charge in [0.25, 0.3) is 0 Å². The average Bonchev–Trinajstić information content (AvgIpc) is 3.75. The van der Waals surface area contributed by atoms with Gasteiger partial charge in [-0.15, -0.1) is 0 Å². The van der Waals surface area contributed by atoms with Crippen LogP contribution in [-0.2, 0) is 11.3 Å². The minimum absolute atomic E-state index is 0.733. The third kappa shape index (κ3) is 6.23. The maximum Gasteiger partial charge on any atom is 0.228 e. The fourth-order valence-electron chi connectivity index (χ4n) is 6.73. The molecule has 52 heavy (non-hydrogen) atoms. The van der Waals surface area contributed by atoms with Crippen LogP contribution >= 0.6 is 95.6 Å². The van der Waals surface area contributed by atoms with Crippen molar-refractivity contribution in [3.63, 3.8) is 0 Å². The Bertz CT molecular complexity index is 2130. The second-order valence-electron chi connectivity index (χ2n) is 12.1. The molecular formula is C42H24Br6N4. The van der Waals surface area contributed by atoms with Crippen molar-refractivity contribution in [1.82, 2.24) is 0 Å². The molecule has 6 aromatic carbocycles. The summed E-state index contributed by atoms with van der Waals surface area (Å²) in [5.41, 5.74) is 5.18. The van der Waals surface area contributed by atoms with E-state index in [1.807, 2.05) is 97.1 Å². The third-order valence-corrected chi connectivity index (χ3v) is 12.3. The van der Waals surface area contributed by atoms with Gasteiger partial charge in [0.1, 0.15) is 0 Å². The van der Waals surface area contributed by atoms with Crippen molar-refractivity contribution < 1.29 is 0 Å². The highest BCUT2D eigenvalue weighted by Crippen LogP contribution is 2.60. The summed E-state index contributed by atoms with van der Waals surface area (Å²) < 4.78 is 4.91. The zero-order valence-electron chi connectivity index (χ0n) is 26.9. The van der Waals surface area contributed by atoms with Gasteiger partial charge in [0, 0.05) is 60.2 Å². The Labute approximate surface area is 352 Å². The molecule has 0 amide bonds. The van der Waals surface area contributed by atoms with Crippen molar-refractivity contribution in [2.75, 3.05) is 0 Å². The van der Waals surface area contributed by atoms with Crippen LogP contribution in [0.15, 0.2) is 192 Å². The number of nitrogens with zero attached hydrogens (tertiary/aromatic N) is 4. The van der Waals surface area contributed by atoms with Crippen LogP contribution in [0.2, 0.25) is 0 Å². The molecule has 254 valence electrons. The fraction of sp³-hybridized carbons (Fsp3) is 0.0476. The molecule has 0 spiro atoms. The molecule has 0 bridgehead atoms. The fourth-order valence-corrected chi connectivity index (χ4v) is 12.4. The lowest BCUT2D eigenvalue weighted by atomic mass is 9.82. The van der Waals surface area contributed by atoms with Gasteiger partial charge in [0.15, 0.2) is 0 Å². The van der Waals surface area contributed by atoms with E-state index in [1.54, 1.807) is 0 Å². The topological polar surface area (TPSA) is 49.4 Å². The minimum Gasteiger partial charge on any atom is -0.243 e. The van der Waals surface area contributed by atoms with Gasteiger partial charge in [-0.2, -0.15) is 0 Å². The van der Waals surface area contributed by atoms with Gasteiger partial charge in [-0.25, -0.2) is 20.0 Å². The summed E-state index contributed by atoms with van der Waals surface area (Å²) in [6.07, 6.45) is 0. The first kappa shape index (κ1) is 35.9. The van der Waals surface area contributed by atoms with Gasteiger partial charge < -0.3 is 0 Å². The summed E-state index contributed by atoms with van der Waals surface area (Å²) in [5, 5.41) is 0. The normalized spacial score (nSPS) is 15.9. The predicted octanol–water partition coefficient (Wildman–Crippen LogP) is 13.3. The van der Waals surface area contributed by atoms with E-state index < -0.39 is 11.3 Å². The van der Waals surface area contributed by atoms with E-state index in [1.165, 1.54) is 0 Å². The van der Waals surface area contributed by atoms with Crippen molar-refractivity contribution in [2.45, 2.75) is 11.3 Å².